The molecule has 0 fully saturated rings. The minimum absolute atomic E-state index is 0.0578. The van der Waals surface area contributed by atoms with Gasteiger partial charge in [-0.3, -0.25) is 0 Å². The van der Waals surface area contributed by atoms with E-state index in [9.17, 15) is 4.79 Å². The van der Waals surface area contributed by atoms with E-state index in [0.717, 1.165) is 12.8 Å². The molecule has 0 aliphatic rings. The number of aliphatic hydroxyl groups excluding tert-OH is 1. The highest BCUT2D eigenvalue weighted by molar-refractivity contribution is 5.33. The Morgan fingerprint density at radius 2 is 2.00 bits per heavy atom. The van der Waals surface area contributed by atoms with E-state index in [1.54, 1.807) is 0 Å². The Labute approximate surface area is 111 Å². The van der Waals surface area contributed by atoms with E-state index in [-0.39, 0.29) is 6.61 Å². The van der Waals surface area contributed by atoms with Crippen molar-refractivity contribution in [2.24, 2.45) is 0 Å². The van der Waals surface area contributed by atoms with Crippen molar-refractivity contribution in [3.63, 3.8) is 0 Å². The number of hydrogen-bond donors (Lipinski definition) is 1. The topological polar surface area (TPSA) is 68.3 Å². The molecular weight excluding hydrogens is 244 g/mol. The summed E-state index contributed by atoms with van der Waals surface area (Å²) in [6.45, 7) is 2.19. The maximum Gasteiger partial charge on any atom is 0.441 e. The molecule has 0 amide bonds. The lowest BCUT2D eigenvalue weighted by molar-refractivity contribution is 0.282. The lowest BCUT2D eigenvalue weighted by atomic mass is 10.1. The highest BCUT2D eigenvalue weighted by Gasteiger charge is 2.09. The first-order chi connectivity index (χ1) is 9.24. The Hall–Kier alpha value is -1.88. The van der Waals surface area contributed by atoms with Gasteiger partial charge in [0, 0.05) is 13.0 Å². The second-order valence-corrected chi connectivity index (χ2v) is 4.42. The maximum atomic E-state index is 11.7. The molecule has 102 valence electrons. The maximum absolute atomic E-state index is 11.7. The van der Waals surface area contributed by atoms with Crippen molar-refractivity contribution in [3.8, 4) is 5.69 Å². The lowest BCUT2D eigenvalue weighted by Crippen LogP contribution is -2.13. The van der Waals surface area contributed by atoms with Crippen LogP contribution in [0.5, 0.6) is 0 Å². The third-order valence-corrected chi connectivity index (χ3v) is 2.86. The monoisotopic (exact) mass is 262 g/mol. The van der Waals surface area contributed by atoms with Crippen molar-refractivity contribution in [1.29, 1.82) is 0 Å². The molecule has 19 heavy (non-hydrogen) atoms. The van der Waals surface area contributed by atoms with Gasteiger partial charge in [0.25, 0.3) is 0 Å². The second-order valence-electron chi connectivity index (χ2n) is 4.42. The Kier molecular flexibility index (Phi) is 4.52. The fourth-order valence-electron chi connectivity index (χ4n) is 1.90. The number of benzene rings is 1. The number of aromatic nitrogens is 2. The normalized spacial score (nSPS) is 10.8. The average Bonchev–Trinajstić information content (AvgIpc) is 2.79. The minimum atomic E-state index is -0.490. The van der Waals surface area contributed by atoms with Gasteiger partial charge in [-0.15, -0.1) is 5.10 Å². The van der Waals surface area contributed by atoms with Crippen LogP contribution in [0.2, 0.25) is 0 Å². The van der Waals surface area contributed by atoms with E-state index in [1.807, 2.05) is 24.3 Å². The number of rotatable bonds is 6. The van der Waals surface area contributed by atoms with Gasteiger partial charge in [-0.25, -0.2) is 4.79 Å². The van der Waals surface area contributed by atoms with Crippen LogP contribution in [-0.2, 0) is 12.8 Å². The van der Waals surface area contributed by atoms with Gasteiger partial charge in [0.05, 0.1) is 5.69 Å². The van der Waals surface area contributed by atoms with Crippen LogP contribution >= 0.6 is 0 Å². The van der Waals surface area contributed by atoms with Gasteiger partial charge in [-0.2, -0.15) is 4.68 Å². The van der Waals surface area contributed by atoms with Crippen LogP contribution in [0.3, 0.4) is 0 Å². The molecule has 1 N–H and O–H groups in total. The van der Waals surface area contributed by atoms with Gasteiger partial charge in [0.2, 0.25) is 5.89 Å². The lowest BCUT2D eigenvalue weighted by Gasteiger charge is -2.01. The molecule has 0 unspecified atom stereocenters. The zero-order valence-electron chi connectivity index (χ0n) is 11.0. The summed E-state index contributed by atoms with van der Waals surface area (Å²) in [7, 11) is 0. The number of hydrogen-bond acceptors (Lipinski definition) is 4. The summed E-state index contributed by atoms with van der Waals surface area (Å²) in [4.78, 5) is 11.7. The van der Waals surface area contributed by atoms with Crippen LogP contribution in [0.1, 0.15) is 31.2 Å². The molecule has 5 nitrogen and oxygen atoms in total. The molecule has 0 saturated carbocycles. The van der Waals surface area contributed by atoms with Crippen LogP contribution in [0.4, 0.5) is 0 Å². The smallest absolute Gasteiger partial charge is 0.396 e. The molecule has 0 bridgehead atoms. The zero-order valence-corrected chi connectivity index (χ0v) is 11.0. The molecule has 1 heterocycles. The van der Waals surface area contributed by atoms with Crippen LogP contribution < -0.4 is 5.76 Å². The molecule has 0 radical (unpaired) electrons. The predicted molar refractivity (Wildman–Crippen MR) is 71.5 cm³/mol. The third kappa shape index (κ3) is 3.32. The van der Waals surface area contributed by atoms with Crippen LogP contribution in [-0.4, -0.2) is 21.5 Å². The molecule has 0 aliphatic heterocycles. The Balaban J connectivity index is 2.21. The van der Waals surface area contributed by atoms with Gasteiger partial charge in [-0.05, 0) is 30.5 Å². The van der Waals surface area contributed by atoms with E-state index < -0.39 is 5.76 Å². The molecule has 1 aromatic carbocycles. The molecule has 5 heteroatoms. The molecule has 2 aromatic rings. The van der Waals surface area contributed by atoms with Crippen molar-refractivity contribution >= 4 is 0 Å². The highest BCUT2D eigenvalue weighted by Crippen LogP contribution is 2.09. The summed E-state index contributed by atoms with van der Waals surface area (Å²) >= 11 is 0. The van der Waals surface area contributed by atoms with Crippen molar-refractivity contribution < 1.29 is 9.52 Å². The van der Waals surface area contributed by atoms with Crippen molar-refractivity contribution in [1.82, 2.24) is 9.78 Å². The van der Waals surface area contributed by atoms with E-state index >= 15 is 0 Å². The molecule has 0 saturated heterocycles. The first kappa shape index (κ1) is 13.5. The van der Waals surface area contributed by atoms with Gasteiger partial charge >= 0.3 is 5.76 Å². The quantitative estimate of drug-likeness (QED) is 0.860. The van der Waals surface area contributed by atoms with Crippen molar-refractivity contribution in [2.45, 2.75) is 32.6 Å². The minimum Gasteiger partial charge on any atom is -0.396 e. The number of nitrogens with zero attached hydrogens (tertiary/aromatic N) is 2. The van der Waals surface area contributed by atoms with Gasteiger partial charge in [-0.1, -0.05) is 25.5 Å². The average molecular weight is 262 g/mol. The fourth-order valence-corrected chi connectivity index (χ4v) is 1.90. The Bertz CT molecular complexity index is 569. The van der Waals surface area contributed by atoms with Gasteiger partial charge < -0.3 is 9.52 Å². The fraction of sp³-hybridized carbons (Fsp3) is 0.429. The SMILES string of the molecule is CCCc1ccc(-n2nc(CCCO)oc2=O)cc1. The molecule has 0 atom stereocenters. The van der Waals surface area contributed by atoms with Crippen LogP contribution in [0.15, 0.2) is 33.5 Å². The van der Waals surface area contributed by atoms with Crippen LogP contribution in [0.25, 0.3) is 5.69 Å². The predicted octanol–water partition coefficient (Wildman–Crippen LogP) is 1.70. The molecule has 1 aromatic heterocycles. The van der Waals surface area contributed by atoms with Gasteiger partial charge in [0.15, 0.2) is 0 Å². The van der Waals surface area contributed by atoms with Gasteiger partial charge in [0.1, 0.15) is 0 Å². The van der Waals surface area contributed by atoms with E-state index in [4.69, 9.17) is 9.52 Å². The zero-order chi connectivity index (χ0) is 13.7. The summed E-state index contributed by atoms with van der Waals surface area (Å²) in [6, 6.07) is 7.72. The largest absolute Gasteiger partial charge is 0.441 e. The van der Waals surface area contributed by atoms with E-state index in [2.05, 4.69) is 12.0 Å². The van der Waals surface area contributed by atoms with Crippen molar-refractivity contribution in [3.05, 3.63) is 46.3 Å². The highest BCUT2D eigenvalue weighted by atomic mass is 16.4. The summed E-state index contributed by atoms with van der Waals surface area (Å²) in [6.07, 6.45) is 3.12. The Morgan fingerprint density at radius 1 is 1.26 bits per heavy atom. The number of aliphatic hydroxyl groups is 1. The van der Waals surface area contributed by atoms with E-state index in [1.165, 1.54) is 10.2 Å². The number of aryl methyl sites for hydroxylation is 2. The molecule has 2 rings (SSSR count). The first-order valence-electron chi connectivity index (χ1n) is 6.54. The van der Waals surface area contributed by atoms with Crippen molar-refractivity contribution in [2.75, 3.05) is 6.61 Å². The van der Waals surface area contributed by atoms with E-state index in [0.29, 0.717) is 24.4 Å². The molecule has 0 aliphatic carbocycles. The summed E-state index contributed by atoms with van der Waals surface area (Å²) < 4.78 is 6.29. The third-order valence-electron chi connectivity index (χ3n) is 2.86. The summed E-state index contributed by atoms with van der Waals surface area (Å²) in [5.41, 5.74) is 1.94. The molecular formula is C14H18N2O3. The first-order valence-corrected chi connectivity index (χ1v) is 6.54. The standard InChI is InChI=1S/C14H18N2O3/c1-2-4-11-6-8-12(9-7-11)16-14(18)19-13(15-16)5-3-10-17/h6-9,17H,2-5,10H2,1H3. The molecule has 0 spiro atoms. The summed E-state index contributed by atoms with van der Waals surface area (Å²) in [5, 5.41) is 12.9. The van der Waals surface area contributed by atoms with Crippen LogP contribution in [0, 0.1) is 0 Å². The summed E-state index contributed by atoms with van der Waals surface area (Å²) in [5.74, 6) is -0.132. The Morgan fingerprint density at radius 3 is 2.63 bits per heavy atom. The second kappa shape index (κ2) is 6.33.